The molecule has 0 radical (unpaired) electrons. The van der Waals surface area contributed by atoms with Crippen LogP contribution in [-0.4, -0.2) is 11.2 Å². The molecule has 1 N–H and O–H groups in total. The predicted octanol–water partition coefficient (Wildman–Crippen LogP) is 6.38. The summed E-state index contributed by atoms with van der Waals surface area (Å²) in [4.78, 5) is 0. The van der Waals surface area contributed by atoms with Gasteiger partial charge in [0.2, 0.25) is 0 Å². The standard InChI is InChI=1S/C25H36O2/c1-16-7-9-19(27-16)14-17-15-22-20-10-8-18-6-4-5-12-24(18,2)21(20)11-13-25(22,3)23(17)26/h7,9,14,18,20-23,26H,4-6,8,10-13,15H2,1-3H3/b17-14-/t18-,20+,21-,22-,23+,24+,25-/m1/s1. The lowest BCUT2D eigenvalue weighted by atomic mass is 9.45. The van der Waals surface area contributed by atoms with Crippen molar-refractivity contribution in [1.82, 2.24) is 0 Å². The van der Waals surface area contributed by atoms with Gasteiger partial charge >= 0.3 is 0 Å². The van der Waals surface area contributed by atoms with Gasteiger partial charge in [-0.15, -0.1) is 0 Å². The lowest BCUT2D eigenvalue weighted by molar-refractivity contribution is -0.119. The van der Waals surface area contributed by atoms with E-state index in [9.17, 15) is 5.11 Å². The molecule has 2 nitrogen and oxygen atoms in total. The van der Waals surface area contributed by atoms with Crippen molar-refractivity contribution in [2.75, 3.05) is 0 Å². The zero-order valence-corrected chi connectivity index (χ0v) is 17.3. The SMILES string of the molecule is Cc1ccc(/C=C2/C[C@@H]3[C@H]4CC[C@H]5CCCC[C@]5(C)[C@@H]4CC[C@@]3(C)[C@H]2O)o1. The van der Waals surface area contributed by atoms with Gasteiger partial charge in [0.1, 0.15) is 11.5 Å². The lowest BCUT2D eigenvalue weighted by Crippen LogP contribution is -2.53. The molecule has 5 rings (SSSR count). The second-order valence-corrected chi connectivity index (χ2v) is 10.7. The highest BCUT2D eigenvalue weighted by molar-refractivity contribution is 5.51. The van der Waals surface area contributed by atoms with Crippen molar-refractivity contribution < 1.29 is 9.52 Å². The molecule has 148 valence electrons. The third kappa shape index (κ3) is 2.62. The van der Waals surface area contributed by atoms with E-state index in [2.05, 4.69) is 19.9 Å². The molecule has 4 aliphatic rings. The molecule has 1 aromatic heterocycles. The molecule has 1 heterocycles. The fourth-order valence-corrected chi connectivity index (χ4v) is 8.01. The average molecular weight is 369 g/mol. The molecular formula is C25H36O2. The van der Waals surface area contributed by atoms with Crippen LogP contribution in [0.15, 0.2) is 22.1 Å². The minimum Gasteiger partial charge on any atom is -0.462 e. The lowest BCUT2D eigenvalue weighted by Gasteiger charge is -2.60. The summed E-state index contributed by atoms with van der Waals surface area (Å²) in [6.07, 6.45) is 14.0. The highest BCUT2D eigenvalue weighted by Crippen LogP contribution is 2.67. The summed E-state index contributed by atoms with van der Waals surface area (Å²) >= 11 is 0. The van der Waals surface area contributed by atoms with Gasteiger partial charge in [-0.1, -0.05) is 26.7 Å². The molecule has 2 heteroatoms. The van der Waals surface area contributed by atoms with Crippen LogP contribution in [0.25, 0.3) is 6.08 Å². The van der Waals surface area contributed by atoms with E-state index in [-0.39, 0.29) is 11.5 Å². The first-order valence-corrected chi connectivity index (χ1v) is 11.4. The number of hydrogen-bond acceptors (Lipinski definition) is 2. The fraction of sp³-hybridized carbons (Fsp3) is 0.760. The molecule has 0 unspecified atom stereocenters. The monoisotopic (exact) mass is 368 g/mol. The van der Waals surface area contributed by atoms with Crippen molar-refractivity contribution >= 4 is 6.08 Å². The first kappa shape index (κ1) is 18.0. The molecule has 1 aromatic rings. The molecule has 27 heavy (non-hydrogen) atoms. The fourth-order valence-electron chi connectivity index (χ4n) is 8.01. The van der Waals surface area contributed by atoms with Crippen LogP contribution in [-0.2, 0) is 0 Å². The third-order valence-electron chi connectivity index (χ3n) is 9.54. The second-order valence-electron chi connectivity index (χ2n) is 10.7. The minimum absolute atomic E-state index is 0.0620. The topological polar surface area (TPSA) is 33.4 Å². The Morgan fingerprint density at radius 2 is 1.85 bits per heavy atom. The molecule has 4 aliphatic carbocycles. The van der Waals surface area contributed by atoms with Crippen LogP contribution in [0.1, 0.15) is 83.2 Å². The van der Waals surface area contributed by atoms with Gasteiger partial charge in [-0.05, 0) is 105 Å². The van der Waals surface area contributed by atoms with E-state index in [4.69, 9.17) is 4.42 Å². The Morgan fingerprint density at radius 1 is 1.00 bits per heavy atom. The Labute approximate surface area is 164 Å². The Bertz CT molecular complexity index is 745. The molecule has 0 bridgehead atoms. The molecule has 0 amide bonds. The molecule has 0 aromatic carbocycles. The van der Waals surface area contributed by atoms with Crippen LogP contribution in [0.5, 0.6) is 0 Å². The highest BCUT2D eigenvalue weighted by Gasteiger charge is 2.60. The van der Waals surface area contributed by atoms with Crippen LogP contribution < -0.4 is 0 Å². The van der Waals surface area contributed by atoms with E-state index in [0.717, 1.165) is 35.7 Å². The summed E-state index contributed by atoms with van der Waals surface area (Å²) < 4.78 is 5.79. The zero-order valence-electron chi connectivity index (χ0n) is 17.3. The van der Waals surface area contributed by atoms with Crippen molar-refractivity contribution in [1.29, 1.82) is 0 Å². The van der Waals surface area contributed by atoms with Gasteiger partial charge in [-0.2, -0.15) is 0 Å². The largest absolute Gasteiger partial charge is 0.462 e. The van der Waals surface area contributed by atoms with E-state index in [0.29, 0.717) is 11.3 Å². The van der Waals surface area contributed by atoms with Gasteiger partial charge in [-0.25, -0.2) is 0 Å². The number of furan rings is 1. The first-order chi connectivity index (χ1) is 12.9. The highest BCUT2D eigenvalue weighted by atomic mass is 16.3. The smallest absolute Gasteiger partial charge is 0.127 e. The maximum atomic E-state index is 11.3. The average Bonchev–Trinajstić information content (AvgIpc) is 3.16. The first-order valence-electron chi connectivity index (χ1n) is 11.4. The number of rotatable bonds is 1. The third-order valence-corrected chi connectivity index (χ3v) is 9.54. The second kappa shape index (κ2) is 6.24. The van der Waals surface area contributed by atoms with Crippen LogP contribution in [0.2, 0.25) is 0 Å². The molecule has 0 spiro atoms. The van der Waals surface area contributed by atoms with Crippen molar-refractivity contribution in [3.05, 3.63) is 29.2 Å². The summed E-state index contributed by atoms with van der Waals surface area (Å²) in [5.74, 6) is 5.15. The Hall–Kier alpha value is -1.02. The van der Waals surface area contributed by atoms with Gasteiger partial charge in [0.25, 0.3) is 0 Å². The van der Waals surface area contributed by atoms with Gasteiger partial charge in [0, 0.05) is 5.41 Å². The van der Waals surface area contributed by atoms with Crippen LogP contribution >= 0.6 is 0 Å². The van der Waals surface area contributed by atoms with Crippen LogP contribution in [0.3, 0.4) is 0 Å². The number of aliphatic hydroxyl groups is 1. The van der Waals surface area contributed by atoms with Crippen molar-refractivity contribution in [2.24, 2.45) is 34.5 Å². The number of fused-ring (bicyclic) bond motifs is 5. The number of hydrogen-bond donors (Lipinski definition) is 1. The Balaban J connectivity index is 1.45. The summed E-state index contributed by atoms with van der Waals surface area (Å²) in [5.41, 5.74) is 1.85. The molecule has 4 fully saturated rings. The number of aryl methyl sites for hydroxylation is 1. The van der Waals surface area contributed by atoms with E-state index in [1.165, 1.54) is 56.9 Å². The minimum atomic E-state index is -0.300. The van der Waals surface area contributed by atoms with Crippen LogP contribution in [0.4, 0.5) is 0 Å². The quantitative estimate of drug-likeness (QED) is 0.624. The Morgan fingerprint density at radius 3 is 2.63 bits per heavy atom. The number of aliphatic hydroxyl groups excluding tert-OH is 1. The molecule has 7 atom stereocenters. The normalized spacial score (nSPS) is 48.1. The summed E-state index contributed by atoms with van der Waals surface area (Å²) in [6.45, 7) is 6.99. The van der Waals surface area contributed by atoms with E-state index >= 15 is 0 Å². The maximum absolute atomic E-state index is 11.3. The maximum Gasteiger partial charge on any atom is 0.127 e. The van der Waals surface area contributed by atoms with Gasteiger partial charge in [0.15, 0.2) is 0 Å². The van der Waals surface area contributed by atoms with Gasteiger partial charge in [0.05, 0.1) is 6.10 Å². The predicted molar refractivity (Wildman–Crippen MR) is 109 cm³/mol. The summed E-state index contributed by atoms with van der Waals surface area (Å²) in [7, 11) is 0. The summed E-state index contributed by atoms with van der Waals surface area (Å²) in [6, 6.07) is 4.06. The van der Waals surface area contributed by atoms with Crippen molar-refractivity contribution in [3.8, 4) is 0 Å². The van der Waals surface area contributed by atoms with Crippen molar-refractivity contribution in [3.63, 3.8) is 0 Å². The van der Waals surface area contributed by atoms with Crippen molar-refractivity contribution in [2.45, 2.75) is 84.7 Å². The van der Waals surface area contributed by atoms with Gasteiger partial charge < -0.3 is 9.52 Å². The summed E-state index contributed by atoms with van der Waals surface area (Å²) in [5, 5.41) is 11.3. The molecule has 0 saturated heterocycles. The Kier molecular flexibility index (Phi) is 4.17. The zero-order chi connectivity index (χ0) is 18.8. The van der Waals surface area contributed by atoms with Gasteiger partial charge in [-0.3, -0.25) is 0 Å². The molecular weight excluding hydrogens is 332 g/mol. The molecule has 4 saturated carbocycles. The van der Waals surface area contributed by atoms with Crippen LogP contribution in [0, 0.1) is 41.4 Å². The molecule has 0 aliphatic heterocycles. The van der Waals surface area contributed by atoms with E-state index in [1.54, 1.807) is 0 Å². The van der Waals surface area contributed by atoms with E-state index < -0.39 is 0 Å². The van der Waals surface area contributed by atoms with E-state index in [1.807, 2.05) is 19.1 Å².